The molecule has 0 atom stereocenters. The van der Waals surface area contributed by atoms with E-state index in [9.17, 15) is 4.79 Å². The lowest BCUT2D eigenvalue weighted by Gasteiger charge is -2.28. The number of carbonyl (C=O) groups is 1. The highest BCUT2D eigenvalue weighted by Gasteiger charge is 2.23. The van der Waals surface area contributed by atoms with E-state index in [-0.39, 0.29) is 11.3 Å². The molecule has 1 aromatic carbocycles. The summed E-state index contributed by atoms with van der Waals surface area (Å²) in [6.07, 6.45) is 11.3. The van der Waals surface area contributed by atoms with Crippen LogP contribution in [0.15, 0.2) is 54.2 Å². The normalized spacial score (nSPS) is 15.5. The first-order valence-corrected chi connectivity index (χ1v) is 13.6. The van der Waals surface area contributed by atoms with Gasteiger partial charge in [0, 0.05) is 36.8 Å². The lowest BCUT2D eigenvalue weighted by molar-refractivity contribution is -0.117. The third kappa shape index (κ3) is 5.34. The van der Waals surface area contributed by atoms with Crippen LogP contribution < -0.4 is 15.6 Å². The number of amides is 1. The average Bonchev–Trinajstić information content (AvgIpc) is 3.36. The molecule has 0 saturated carbocycles. The van der Waals surface area contributed by atoms with Gasteiger partial charge in [0.2, 0.25) is 5.91 Å². The lowest BCUT2D eigenvalue weighted by atomic mass is 9.92. The summed E-state index contributed by atoms with van der Waals surface area (Å²) in [5.41, 5.74) is 11.5. The van der Waals surface area contributed by atoms with Crippen molar-refractivity contribution in [3.8, 4) is 11.1 Å². The van der Waals surface area contributed by atoms with Gasteiger partial charge in [-0.05, 0) is 47.9 Å². The number of nitrogens with zero attached hydrogens (tertiary/aromatic N) is 5. The van der Waals surface area contributed by atoms with Gasteiger partial charge in [0.1, 0.15) is 11.2 Å². The molecule has 3 aromatic heterocycles. The number of hydrogen-bond donors (Lipinski definition) is 3. The number of hydrazone groups is 1. The summed E-state index contributed by atoms with van der Waals surface area (Å²) >= 11 is 0. The summed E-state index contributed by atoms with van der Waals surface area (Å²) in [6.45, 7) is 8.85. The predicted molar refractivity (Wildman–Crippen MR) is 155 cm³/mol. The monoisotopic (exact) mass is 522 g/mol. The zero-order chi connectivity index (χ0) is 27.0. The molecule has 6 rings (SSSR count). The van der Waals surface area contributed by atoms with Gasteiger partial charge in [-0.3, -0.25) is 14.8 Å². The number of aromatic amines is 1. The fourth-order valence-corrected chi connectivity index (χ4v) is 5.33. The van der Waals surface area contributed by atoms with Crippen LogP contribution in [0.4, 0.5) is 11.4 Å². The molecular weight excluding hydrogens is 488 g/mol. The highest BCUT2D eigenvalue weighted by molar-refractivity contribution is 6.14. The number of anilines is 2. The van der Waals surface area contributed by atoms with Gasteiger partial charge in [-0.15, -0.1) is 0 Å². The first-order chi connectivity index (χ1) is 18.8. The smallest absolute Gasteiger partial charge is 0.224 e. The number of piperidine rings is 1. The van der Waals surface area contributed by atoms with E-state index in [0.29, 0.717) is 24.5 Å². The standard InChI is InChI=1S/C30H34N8O/c1-30(2,3)13-26(39)34-22-11-21(14-31-16-22)19-7-8-20-15-33-37-27(23(20)12-19)29-35-24-17-32-18-25(28(24)36-29)38-9-5-4-6-10-38/h7-8,11-12,14,16-18,33H,4-6,9-10,13,15H2,1-3H3,(H,34,39)(H,35,36). The largest absolute Gasteiger partial charge is 0.368 e. The molecule has 1 fully saturated rings. The second kappa shape index (κ2) is 10.1. The maximum absolute atomic E-state index is 12.5. The zero-order valence-electron chi connectivity index (χ0n) is 22.7. The molecule has 1 saturated heterocycles. The fourth-order valence-electron chi connectivity index (χ4n) is 5.33. The number of imidazole rings is 1. The predicted octanol–water partition coefficient (Wildman–Crippen LogP) is 5.24. The van der Waals surface area contributed by atoms with Crippen molar-refractivity contribution < 1.29 is 4.79 Å². The number of aromatic nitrogens is 4. The van der Waals surface area contributed by atoms with Crippen molar-refractivity contribution in [1.82, 2.24) is 25.4 Å². The molecule has 2 aliphatic rings. The topological polar surface area (TPSA) is 111 Å². The van der Waals surface area contributed by atoms with Gasteiger partial charge in [-0.2, -0.15) is 5.10 Å². The summed E-state index contributed by atoms with van der Waals surface area (Å²) in [5, 5.41) is 7.66. The third-order valence-electron chi connectivity index (χ3n) is 7.17. The molecule has 0 bridgehead atoms. The van der Waals surface area contributed by atoms with Crippen LogP contribution in [0.5, 0.6) is 0 Å². The molecule has 9 heteroatoms. The Labute approximate surface area is 228 Å². The van der Waals surface area contributed by atoms with E-state index in [1.807, 2.05) is 24.7 Å². The second-order valence-electron chi connectivity index (χ2n) is 11.6. The van der Waals surface area contributed by atoms with Gasteiger partial charge in [-0.1, -0.05) is 32.9 Å². The minimum atomic E-state index is -0.0847. The minimum absolute atomic E-state index is 0.0179. The zero-order valence-corrected chi connectivity index (χ0v) is 22.7. The van der Waals surface area contributed by atoms with Crippen LogP contribution in [0.3, 0.4) is 0 Å². The quantitative estimate of drug-likeness (QED) is 0.331. The maximum atomic E-state index is 12.5. The van der Waals surface area contributed by atoms with Gasteiger partial charge >= 0.3 is 0 Å². The van der Waals surface area contributed by atoms with Crippen molar-refractivity contribution in [1.29, 1.82) is 0 Å². The molecule has 5 heterocycles. The Balaban J connectivity index is 1.32. The van der Waals surface area contributed by atoms with Crippen molar-refractivity contribution in [3.63, 3.8) is 0 Å². The van der Waals surface area contributed by atoms with Gasteiger partial charge in [0.15, 0.2) is 5.82 Å². The number of benzene rings is 1. The van der Waals surface area contributed by atoms with E-state index >= 15 is 0 Å². The Bertz CT molecular complexity index is 1560. The minimum Gasteiger partial charge on any atom is -0.368 e. The Kier molecular flexibility index (Phi) is 6.50. The molecule has 200 valence electrons. The summed E-state index contributed by atoms with van der Waals surface area (Å²) in [5.74, 6) is 0.693. The Morgan fingerprint density at radius 2 is 1.82 bits per heavy atom. The first kappa shape index (κ1) is 25.0. The van der Waals surface area contributed by atoms with Gasteiger partial charge in [0.05, 0.1) is 42.0 Å². The SMILES string of the molecule is CC(C)(C)CC(=O)Nc1cncc(-c2ccc3c(c2)C(c2nc4c(N5CCCCC5)cncc4[nH]2)=NNC3)c1. The molecule has 0 radical (unpaired) electrons. The average molecular weight is 523 g/mol. The highest BCUT2D eigenvalue weighted by atomic mass is 16.1. The molecule has 0 aliphatic carbocycles. The Hall–Kier alpha value is -4.27. The van der Waals surface area contributed by atoms with Crippen LogP contribution in [-0.2, 0) is 11.3 Å². The molecule has 0 spiro atoms. The summed E-state index contributed by atoms with van der Waals surface area (Å²) in [6, 6.07) is 8.29. The molecular formula is C30H34N8O. The third-order valence-corrected chi connectivity index (χ3v) is 7.17. The van der Waals surface area contributed by atoms with Crippen molar-refractivity contribution in [2.24, 2.45) is 10.5 Å². The van der Waals surface area contributed by atoms with Crippen molar-refractivity contribution >= 4 is 34.0 Å². The van der Waals surface area contributed by atoms with Gasteiger partial charge in [-0.25, -0.2) is 4.98 Å². The second-order valence-corrected chi connectivity index (χ2v) is 11.6. The molecule has 3 N–H and O–H groups in total. The van der Waals surface area contributed by atoms with Crippen LogP contribution in [0.25, 0.3) is 22.2 Å². The van der Waals surface area contributed by atoms with Crippen molar-refractivity contribution in [2.75, 3.05) is 23.3 Å². The van der Waals surface area contributed by atoms with Gasteiger partial charge in [0.25, 0.3) is 0 Å². The maximum Gasteiger partial charge on any atom is 0.224 e. The van der Waals surface area contributed by atoms with E-state index in [1.165, 1.54) is 19.3 Å². The van der Waals surface area contributed by atoms with E-state index in [2.05, 4.69) is 74.7 Å². The van der Waals surface area contributed by atoms with Crippen LogP contribution in [0.2, 0.25) is 0 Å². The summed E-state index contributed by atoms with van der Waals surface area (Å²) in [7, 11) is 0. The number of hydrogen-bond acceptors (Lipinski definition) is 7. The fraction of sp³-hybridized carbons (Fsp3) is 0.367. The summed E-state index contributed by atoms with van der Waals surface area (Å²) in [4.78, 5) is 32.2. The molecule has 9 nitrogen and oxygen atoms in total. The molecule has 4 aromatic rings. The van der Waals surface area contributed by atoms with Gasteiger partial charge < -0.3 is 20.6 Å². The molecule has 1 amide bonds. The number of rotatable bonds is 5. The number of H-pyrrole nitrogens is 1. The lowest BCUT2D eigenvalue weighted by Crippen LogP contribution is -2.29. The number of pyridine rings is 2. The van der Waals surface area contributed by atoms with E-state index in [1.54, 1.807) is 6.20 Å². The molecule has 39 heavy (non-hydrogen) atoms. The van der Waals surface area contributed by atoms with E-state index in [0.717, 1.165) is 57.8 Å². The van der Waals surface area contributed by atoms with Crippen LogP contribution in [0, 0.1) is 5.41 Å². The summed E-state index contributed by atoms with van der Waals surface area (Å²) < 4.78 is 0. The Morgan fingerprint density at radius 3 is 2.64 bits per heavy atom. The number of nitrogens with one attached hydrogen (secondary N) is 3. The van der Waals surface area contributed by atoms with E-state index in [4.69, 9.17) is 4.98 Å². The number of carbonyl (C=O) groups excluding carboxylic acids is 1. The van der Waals surface area contributed by atoms with Crippen LogP contribution in [-0.4, -0.2) is 44.6 Å². The van der Waals surface area contributed by atoms with Crippen LogP contribution in [0.1, 0.15) is 63.4 Å². The molecule has 0 unspecified atom stereocenters. The highest BCUT2D eigenvalue weighted by Crippen LogP contribution is 2.30. The van der Waals surface area contributed by atoms with Crippen molar-refractivity contribution in [3.05, 3.63) is 66.0 Å². The van der Waals surface area contributed by atoms with Crippen LogP contribution >= 0.6 is 0 Å². The Morgan fingerprint density at radius 1 is 1.00 bits per heavy atom. The number of fused-ring (bicyclic) bond motifs is 2. The van der Waals surface area contributed by atoms with E-state index < -0.39 is 0 Å². The van der Waals surface area contributed by atoms with Crippen molar-refractivity contribution in [2.45, 2.75) is 53.0 Å². The molecule has 2 aliphatic heterocycles. The first-order valence-electron chi connectivity index (χ1n) is 13.6.